The van der Waals surface area contributed by atoms with Crippen LogP contribution in [0.3, 0.4) is 0 Å². The average molecular weight is 383 g/mol. The van der Waals surface area contributed by atoms with E-state index in [9.17, 15) is 0 Å². The molecule has 0 radical (unpaired) electrons. The molecule has 0 amide bonds. The highest BCUT2D eigenvalue weighted by Crippen LogP contribution is 2.28. The molecule has 1 aromatic rings. The molecule has 1 aliphatic rings. The van der Waals surface area contributed by atoms with Gasteiger partial charge in [-0.3, -0.25) is 4.68 Å². The molecule has 2 rings (SSSR count). The van der Waals surface area contributed by atoms with Gasteiger partial charge in [-0.05, 0) is 45.3 Å². The summed E-state index contributed by atoms with van der Waals surface area (Å²) >= 11 is 0. The quantitative estimate of drug-likeness (QED) is 0.499. The fraction of sp³-hybridized carbons (Fsp3) is 0.737. The minimum atomic E-state index is -1.82. The van der Waals surface area contributed by atoms with Crippen LogP contribution in [0.15, 0.2) is 12.3 Å². The van der Waals surface area contributed by atoms with Gasteiger partial charge in [0.15, 0.2) is 0 Å². The Morgan fingerprint density at radius 3 is 2.33 bits per heavy atom. The largest absolute Gasteiger partial charge is 0.477 e. The molecule has 1 saturated carbocycles. The molecule has 0 saturated heterocycles. The first-order valence-electron chi connectivity index (χ1n) is 9.84. The molecular formula is C19H33N3O5. The zero-order valence-corrected chi connectivity index (χ0v) is 16.5. The minimum absolute atomic E-state index is 0.596. The summed E-state index contributed by atoms with van der Waals surface area (Å²) in [6.45, 7) is 8.68. The van der Waals surface area contributed by atoms with Gasteiger partial charge in [-0.1, -0.05) is 33.1 Å². The first kappa shape index (κ1) is 23.0. The van der Waals surface area contributed by atoms with Gasteiger partial charge in [0, 0.05) is 12.3 Å². The predicted octanol–water partition coefficient (Wildman–Crippen LogP) is 3.04. The van der Waals surface area contributed by atoms with Gasteiger partial charge in [0.2, 0.25) is 5.88 Å². The highest BCUT2D eigenvalue weighted by Gasteiger charge is 2.16. The topological polar surface area (TPSA) is 105 Å². The van der Waals surface area contributed by atoms with Crippen LogP contribution in [-0.2, 0) is 9.59 Å². The summed E-state index contributed by atoms with van der Waals surface area (Å²) in [7, 11) is 0. The molecule has 1 aromatic heterocycles. The summed E-state index contributed by atoms with van der Waals surface area (Å²) in [6.07, 6.45) is 11.0. The smallest absolute Gasteiger partial charge is 0.414 e. The molecule has 2 N–H and O–H groups in total. The van der Waals surface area contributed by atoms with E-state index in [0.717, 1.165) is 32.0 Å². The zero-order chi connectivity index (χ0) is 20.1. The zero-order valence-electron chi connectivity index (χ0n) is 16.5. The number of hydrogen-bond acceptors (Lipinski definition) is 5. The van der Waals surface area contributed by atoms with Crippen LogP contribution < -0.4 is 4.74 Å². The summed E-state index contributed by atoms with van der Waals surface area (Å²) < 4.78 is 7.89. The Bertz CT molecular complexity index is 539. The molecular weight excluding hydrogens is 350 g/mol. The fourth-order valence-electron chi connectivity index (χ4n) is 3.10. The Hall–Kier alpha value is -2.09. The number of rotatable bonds is 9. The summed E-state index contributed by atoms with van der Waals surface area (Å²) in [6, 6.07) is 2.61. The molecule has 1 heterocycles. The van der Waals surface area contributed by atoms with Gasteiger partial charge in [0.25, 0.3) is 0 Å². The Morgan fingerprint density at radius 2 is 1.78 bits per heavy atom. The van der Waals surface area contributed by atoms with Crippen molar-refractivity contribution in [1.29, 1.82) is 0 Å². The van der Waals surface area contributed by atoms with Crippen molar-refractivity contribution < 1.29 is 24.5 Å². The number of carboxylic acid groups (broad SMARTS) is 2. The van der Waals surface area contributed by atoms with E-state index < -0.39 is 11.9 Å². The third kappa shape index (κ3) is 9.42. The summed E-state index contributed by atoms with van der Waals surface area (Å²) in [5.41, 5.74) is 0. The van der Waals surface area contributed by atoms with Crippen LogP contribution in [0.25, 0.3) is 0 Å². The molecule has 0 aromatic carbocycles. The van der Waals surface area contributed by atoms with Crippen LogP contribution in [0.5, 0.6) is 5.88 Å². The molecule has 154 valence electrons. The number of aromatic nitrogens is 2. The number of unbranched alkanes of at least 4 members (excludes halogenated alkanes) is 1. The molecule has 0 bridgehead atoms. The summed E-state index contributed by atoms with van der Waals surface area (Å²) in [5.74, 6) is -2.85. The van der Waals surface area contributed by atoms with Crippen molar-refractivity contribution in [2.75, 3.05) is 26.2 Å². The summed E-state index contributed by atoms with van der Waals surface area (Å²) in [4.78, 5) is 20.7. The lowest BCUT2D eigenvalue weighted by molar-refractivity contribution is -0.159. The second-order valence-electron chi connectivity index (χ2n) is 6.62. The van der Waals surface area contributed by atoms with Gasteiger partial charge >= 0.3 is 11.9 Å². The molecule has 0 spiro atoms. The number of nitrogens with zero attached hydrogens (tertiary/aromatic N) is 3. The van der Waals surface area contributed by atoms with Crippen molar-refractivity contribution in [2.45, 2.75) is 64.8 Å². The molecule has 27 heavy (non-hydrogen) atoms. The molecule has 1 fully saturated rings. The van der Waals surface area contributed by atoms with Crippen LogP contribution in [0.1, 0.15) is 64.8 Å². The van der Waals surface area contributed by atoms with Crippen molar-refractivity contribution >= 4 is 11.9 Å². The van der Waals surface area contributed by atoms with Crippen molar-refractivity contribution in [3.63, 3.8) is 0 Å². The summed E-state index contributed by atoms with van der Waals surface area (Å²) in [5, 5.41) is 19.4. The number of carboxylic acids is 2. The molecule has 0 aliphatic heterocycles. The second kappa shape index (κ2) is 13.1. The van der Waals surface area contributed by atoms with Crippen molar-refractivity contribution in [3.8, 4) is 5.88 Å². The molecule has 8 heteroatoms. The minimum Gasteiger partial charge on any atom is -0.477 e. The van der Waals surface area contributed by atoms with E-state index in [-0.39, 0.29) is 0 Å². The third-order valence-corrected chi connectivity index (χ3v) is 4.73. The van der Waals surface area contributed by atoms with E-state index in [0.29, 0.717) is 6.04 Å². The second-order valence-corrected chi connectivity index (χ2v) is 6.62. The first-order valence-corrected chi connectivity index (χ1v) is 9.84. The third-order valence-electron chi connectivity index (χ3n) is 4.73. The lowest BCUT2D eigenvalue weighted by atomic mass is 9.96. The van der Waals surface area contributed by atoms with Crippen LogP contribution in [0.2, 0.25) is 0 Å². The van der Waals surface area contributed by atoms with Gasteiger partial charge in [-0.25, -0.2) is 9.59 Å². The molecule has 8 nitrogen and oxygen atoms in total. The Morgan fingerprint density at radius 1 is 1.15 bits per heavy atom. The van der Waals surface area contributed by atoms with E-state index in [4.69, 9.17) is 24.5 Å². The van der Waals surface area contributed by atoms with Gasteiger partial charge in [-0.2, -0.15) is 0 Å². The van der Waals surface area contributed by atoms with Crippen LogP contribution in [0.4, 0.5) is 0 Å². The lowest BCUT2D eigenvalue weighted by Crippen LogP contribution is -2.24. The lowest BCUT2D eigenvalue weighted by Gasteiger charge is -2.21. The number of carbonyl (C=O) groups is 2. The van der Waals surface area contributed by atoms with Crippen LogP contribution in [-0.4, -0.2) is 63.1 Å². The van der Waals surface area contributed by atoms with Gasteiger partial charge in [0.05, 0.1) is 12.6 Å². The van der Waals surface area contributed by atoms with Gasteiger partial charge < -0.3 is 19.8 Å². The predicted molar refractivity (Wildman–Crippen MR) is 102 cm³/mol. The van der Waals surface area contributed by atoms with Crippen LogP contribution >= 0.6 is 0 Å². The maximum atomic E-state index is 9.10. The van der Waals surface area contributed by atoms with E-state index >= 15 is 0 Å². The van der Waals surface area contributed by atoms with E-state index in [1.807, 2.05) is 6.07 Å². The fourth-order valence-corrected chi connectivity index (χ4v) is 3.10. The molecule has 0 atom stereocenters. The van der Waals surface area contributed by atoms with E-state index in [2.05, 4.69) is 34.7 Å². The van der Waals surface area contributed by atoms with Crippen molar-refractivity contribution in [2.24, 2.45) is 0 Å². The Labute approximate surface area is 161 Å². The number of ether oxygens (including phenoxy) is 1. The SMILES string of the molecule is CCN(CC)CCCCOc1ccn(C2CCCCC2)n1.O=C(O)C(=O)O. The number of hydrogen-bond donors (Lipinski definition) is 2. The molecule has 0 unspecified atom stereocenters. The van der Waals surface area contributed by atoms with Crippen molar-refractivity contribution in [1.82, 2.24) is 14.7 Å². The van der Waals surface area contributed by atoms with Crippen LogP contribution in [0, 0.1) is 0 Å². The number of aliphatic carboxylic acids is 2. The van der Waals surface area contributed by atoms with Gasteiger partial charge in [0.1, 0.15) is 0 Å². The maximum Gasteiger partial charge on any atom is 0.414 e. The normalized spacial score (nSPS) is 14.5. The van der Waals surface area contributed by atoms with Crippen molar-refractivity contribution in [3.05, 3.63) is 12.3 Å². The highest BCUT2D eigenvalue weighted by molar-refractivity contribution is 6.27. The van der Waals surface area contributed by atoms with E-state index in [1.165, 1.54) is 45.1 Å². The highest BCUT2D eigenvalue weighted by atomic mass is 16.5. The first-order chi connectivity index (χ1) is 13.0. The maximum absolute atomic E-state index is 9.10. The monoisotopic (exact) mass is 383 g/mol. The van der Waals surface area contributed by atoms with E-state index in [1.54, 1.807) is 0 Å². The Balaban J connectivity index is 0.000000527. The average Bonchev–Trinajstić information content (AvgIpc) is 3.15. The van der Waals surface area contributed by atoms with Gasteiger partial charge in [-0.15, -0.1) is 5.10 Å². The Kier molecular flexibility index (Phi) is 11.2. The standard InChI is InChI=1S/C17H31N3O.C2H2O4/c1-3-19(4-2)13-8-9-15-21-17-12-14-20(18-17)16-10-6-5-7-11-16;3-1(4)2(5)6/h12,14,16H,3-11,13,15H2,1-2H3;(H,3,4)(H,5,6). The molecule has 1 aliphatic carbocycles.